The Kier molecular flexibility index (Phi) is 8.35. The summed E-state index contributed by atoms with van der Waals surface area (Å²) in [6.45, 7) is 2.01. The molecule has 1 aliphatic carbocycles. The number of thiophene rings is 1. The van der Waals surface area contributed by atoms with E-state index < -0.39 is 11.9 Å². The minimum atomic E-state index is -0.567. The summed E-state index contributed by atoms with van der Waals surface area (Å²) in [5, 5.41) is 12.9. The van der Waals surface area contributed by atoms with Crippen molar-refractivity contribution in [2.75, 3.05) is 19.0 Å². The zero-order valence-corrected chi connectivity index (χ0v) is 22.1. The Morgan fingerprint density at radius 1 is 1.29 bits per heavy atom. The van der Waals surface area contributed by atoms with Crippen LogP contribution in [0.1, 0.15) is 46.1 Å². The Bertz CT molecular complexity index is 1100. The van der Waals surface area contributed by atoms with Gasteiger partial charge in [-0.15, -0.1) is 11.3 Å². The summed E-state index contributed by atoms with van der Waals surface area (Å²) in [5.41, 5.74) is 1.95. The molecule has 1 heterocycles. The van der Waals surface area contributed by atoms with Crippen LogP contribution in [0.15, 0.2) is 17.7 Å². The van der Waals surface area contributed by atoms with Gasteiger partial charge in [-0.3, -0.25) is 4.79 Å². The van der Waals surface area contributed by atoms with Crippen LogP contribution in [0, 0.1) is 18.5 Å². The highest BCUT2D eigenvalue weighted by Gasteiger charge is 2.28. The van der Waals surface area contributed by atoms with Crippen LogP contribution in [0.4, 0.5) is 5.00 Å². The number of ether oxygens (including phenoxy) is 2. The van der Waals surface area contributed by atoms with E-state index in [0.29, 0.717) is 21.9 Å². The fourth-order valence-electron chi connectivity index (χ4n) is 3.45. The van der Waals surface area contributed by atoms with Crippen molar-refractivity contribution < 1.29 is 19.1 Å². The number of hydrogen-bond donors (Lipinski definition) is 1. The Morgan fingerprint density at radius 3 is 2.71 bits per heavy atom. The van der Waals surface area contributed by atoms with E-state index in [4.69, 9.17) is 9.47 Å². The Balaban J connectivity index is 1.97. The summed E-state index contributed by atoms with van der Waals surface area (Å²) < 4.78 is 12.5. The number of halogens is 2. The molecule has 162 valence electrons. The first-order valence-electron chi connectivity index (χ1n) is 9.67. The first kappa shape index (κ1) is 24.0. The monoisotopic (exact) mass is 662 g/mol. The minimum absolute atomic E-state index is 0.0720. The molecule has 0 bridgehead atoms. The number of methoxy groups -OCH3 is 1. The van der Waals surface area contributed by atoms with Gasteiger partial charge in [0.05, 0.1) is 22.9 Å². The van der Waals surface area contributed by atoms with E-state index in [2.05, 4.69) is 50.5 Å². The lowest BCUT2D eigenvalue weighted by Gasteiger charge is -2.12. The summed E-state index contributed by atoms with van der Waals surface area (Å²) in [6, 6.07) is 5.77. The van der Waals surface area contributed by atoms with Crippen molar-refractivity contribution in [3.05, 3.63) is 46.4 Å². The highest BCUT2D eigenvalue weighted by atomic mass is 127. The van der Waals surface area contributed by atoms with Crippen molar-refractivity contribution in [1.82, 2.24) is 0 Å². The molecule has 2 aromatic rings. The van der Waals surface area contributed by atoms with Crippen LogP contribution in [0.2, 0.25) is 0 Å². The number of carbonyl (C=O) groups is 2. The third-order valence-electron chi connectivity index (χ3n) is 4.78. The van der Waals surface area contributed by atoms with Crippen LogP contribution in [-0.2, 0) is 22.4 Å². The molecule has 0 atom stereocenters. The number of amides is 1. The maximum atomic E-state index is 13.0. The Morgan fingerprint density at radius 2 is 2.03 bits per heavy atom. The number of carbonyl (C=O) groups excluding carboxylic acids is 2. The van der Waals surface area contributed by atoms with E-state index >= 15 is 0 Å². The van der Waals surface area contributed by atoms with Crippen molar-refractivity contribution in [3.63, 3.8) is 0 Å². The molecule has 1 amide bonds. The number of hydrogen-bond acceptors (Lipinski definition) is 6. The molecule has 31 heavy (non-hydrogen) atoms. The fraction of sp³-hybridized carbons (Fsp3) is 0.318. The zero-order chi connectivity index (χ0) is 22.5. The standard InChI is InChI=1S/C22H20I2N2O4S/c1-3-30-22(28)18-15-6-4-5-7-17(15)31-21(18)26-20(27)13(11-25)8-12-9-14(23)10-16(24)19(12)29-2/h8-10H,3-7H2,1-2H3,(H,26,27)/b13-8+. The molecule has 0 unspecified atom stereocenters. The van der Waals surface area contributed by atoms with Crippen LogP contribution in [0.3, 0.4) is 0 Å². The molecule has 0 saturated heterocycles. The van der Waals surface area contributed by atoms with Gasteiger partial charge in [0, 0.05) is 14.0 Å². The molecule has 0 saturated carbocycles. The summed E-state index contributed by atoms with van der Waals surface area (Å²) in [6.07, 6.45) is 5.22. The van der Waals surface area contributed by atoms with Gasteiger partial charge < -0.3 is 14.8 Å². The van der Waals surface area contributed by atoms with Crippen LogP contribution in [0.5, 0.6) is 5.75 Å². The minimum Gasteiger partial charge on any atom is -0.495 e. The summed E-state index contributed by atoms with van der Waals surface area (Å²) in [5.74, 6) is -0.406. The molecule has 0 spiro atoms. The molecule has 0 fully saturated rings. The molecule has 1 aromatic carbocycles. The smallest absolute Gasteiger partial charge is 0.341 e. The lowest BCUT2D eigenvalue weighted by molar-refractivity contribution is -0.112. The first-order chi connectivity index (χ1) is 14.9. The maximum absolute atomic E-state index is 13.0. The molecular weight excluding hydrogens is 642 g/mol. The Labute approximate surface area is 212 Å². The topological polar surface area (TPSA) is 88.4 Å². The second-order valence-corrected chi connectivity index (χ2v) is 10.3. The highest BCUT2D eigenvalue weighted by molar-refractivity contribution is 14.1. The van der Waals surface area contributed by atoms with E-state index in [9.17, 15) is 14.9 Å². The lowest BCUT2D eigenvalue weighted by Crippen LogP contribution is -2.16. The quantitative estimate of drug-likeness (QED) is 0.189. The van der Waals surface area contributed by atoms with E-state index in [1.165, 1.54) is 17.4 Å². The van der Waals surface area contributed by atoms with E-state index in [0.717, 1.165) is 43.3 Å². The normalized spacial score (nSPS) is 13.2. The van der Waals surface area contributed by atoms with Gasteiger partial charge in [-0.25, -0.2) is 4.79 Å². The number of benzene rings is 1. The van der Waals surface area contributed by atoms with E-state index in [-0.39, 0.29) is 12.2 Å². The van der Waals surface area contributed by atoms with Gasteiger partial charge in [0.1, 0.15) is 22.4 Å². The average molecular weight is 662 g/mol. The van der Waals surface area contributed by atoms with Crippen LogP contribution < -0.4 is 10.1 Å². The van der Waals surface area contributed by atoms with Crippen LogP contribution in [0.25, 0.3) is 6.08 Å². The number of nitrogens with one attached hydrogen (secondary N) is 1. The SMILES string of the molecule is CCOC(=O)c1c(NC(=O)/C(C#N)=C/c2cc(I)cc(I)c2OC)sc2c1CCCC2. The van der Waals surface area contributed by atoms with Gasteiger partial charge in [0.2, 0.25) is 0 Å². The molecule has 0 aliphatic heterocycles. The number of rotatable bonds is 6. The molecule has 1 aromatic heterocycles. The Hall–Kier alpha value is -1.65. The average Bonchev–Trinajstić information content (AvgIpc) is 3.09. The fourth-order valence-corrected chi connectivity index (χ4v) is 6.83. The molecule has 9 heteroatoms. The number of nitriles is 1. The number of aryl methyl sites for hydroxylation is 1. The second-order valence-electron chi connectivity index (χ2n) is 6.77. The van der Waals surface area contributed by atoms with E-state index in [1.54, 1.807) is 14.0 Å². The van der Waals surface area contributed by atoms with Crippen molar-refractivity contribution in [2.24, 2.45) is 0 Å². The van der Waals surface area contributed by atoms with Crippen molar-refractivity contribution in [1.29, 1.82) is 5.26 Å². The predicted molar refractivity (Wildman–Crippen MR) is 138 cm³/mol. The molecule has 1 aliphatic rings. The molecule has 6 nitrogen and oxygen atoms in total. The van der Waals surface area contributed by atoms with Crippen LogP contribution >= 0.6 is 56.5 Å². The van der Waals surface area contributed by atoms with Crippen molar-refractivity contribution in [3.8, 4) is 11.8 Å². The number of anilines is 1. The molecule has 1 N–H and O–H groups in total. The third kappa shape index (κ3) is 5.40. The van der Waals surface area contributed by atoms with Gasteiger partial charge in [-0.05, 0) is 102 Å². The van der Waals surface area contributed by atoms with Gasteiger partial charge in [-0.2, -0.15) is 5.26 Å². The third-order valence-corrected chi connectivity index (χ3v) is 7.42. The number of nitrogens with zero attached hydrogens (tertiary/aromatic N) is 1. The largest absolute Gasteiger partial charge is 0.495 e. The van der Waals surface area contributed by atoms with Gasteiger partial charge >= 0.3 is 5.97 Å². The predicted octanol–water partition coefficient (Wildman–Crippen LogP) is 5.57. The molecule has 0 radical (unpaired) electrons. The maximum Gasteiger partial charge on any atom is 0.341 e. The number of fused-ring (bicyclic) bond motifs is 1. The van der Waals surface area contributed by atoms with Gasteiger partial charge in [0.25, 0.3) is 5.91 Å². The van der Waals surface area contributed by atoms with Crippen molar-refractivity contribution in [2.45, 2.75) is 32.6 Å². The lowest BCUT2D eigenvalue weighted by atomic mass is 9.95. The van der Waals surface area contributed by atoms with Crippen LogP contribution in [-0.4, -0.2) is 25.6 Å². The van der Waals surface area contributed by atoms with Gasteiger partial charge in [0.15, 0.2) is 0 Å². The summed E-state index contributed by atoms with van der Waals surface area (Å²) in [7, 11) is 1.55. The first-order valence-corrected chi connectivity index (χ1v) is 12.6. The van der Waals surface area contributed by atoms with Gasteiger partial charge in [-0.1, -0.05) is 0 Å². The zero-order valence-electron chi connectivity index (χ0n) is 17.0. The highest BCUT2D eigenvalue weighted by Crippen LogP contribution is 2.39. The molecular formula is C22H20I2N2O4S. The number of esters is 1. The summed E-state index contributed by atoms with van der Waals surface area (Å²) in [4.78, 5) is 26.7. The summed E-state index contributed by atoms with van der Waals surface area (Å²) >= 11 is 5.72. The van der Waals surface area contributed by atoms with Crippen molar-refractivity contribution >= 4 is 79.5 Å². The molecule has 3 rings (SSSR count). The second kappa shape index (κ2) is 10.8. The van der Waals surface area contributed by atoms with E-state index in [1.807, 2.05) is 18.2 Å².